The summed E-state index contributed by atoms with van der Waals surface area (Å²) in [7, 11) is 0. The van der Waals surface area contributed by atoms with E-state index in [0.717, 1.165) is 22.3 Å². The van der Waals surface area contributed by atoms with Gasteiger partial charge in [-0.1, -0.05) is 6.07 Å². The van der Waals surface area contributed by atoms with Gasteiger partial charge in [-0.3, -0.25) is 4.98 Å². The van der Waals surface area contributed by atoms with Gasteiger partial charge in [0.25, 0.3) is 0 Å². The normalized spacial score (nSPS) is 10.9. The van der Waals surface area contributed by atoms with Crippen molar-refractivity contribution in [1.82, 2.24) is 14.8 Å². The van der Waals surface area contributed by atoms with Crippen molar-refractivity contribution in [2.45, 2.75) is 6.54 Å². The fourth-order valence-electron chi connectivity index (χ4n) is 1.89. The number of hydrogen-bond acceptors (Lipinski definition) is 3. The molecule has 0 spiro atoms. The molecule has 0 saturated heterocycles. The summed E-state index contributed by atoms with van der Waals surface area (Å²) in [6.45, 7) is 0.454. The van der Waals surface area contributed by atoms with Gasteiger partial charge < -0.3 is 5.73 Å². The van der Waals surface area contributed by atoms with Crippen molar-refractivity contribution in [1.29, 1.82) is 0 Å². The predicted octanol–water partition coefficient (Wildman–Crippen LogP) is 1.88. The second kappa shape index (κ2) is 3.99. The maximum Gasteiger partial charge on any atom is 0.0764 e. The molecule has 4 heteroatoms. The van der Waals surface area contributed by atoms with Gasteiger partial charge in [-0.15, -0.1) is 0 Å². The second-order valence-electron chi connectivity index (χ2n) is 3.80. The van der Waals surface area contributed by atoms with Crippen molar-refractivity contribution in [3.63, 3.8) is 0 Å². The molecule has 3 aromatic rings. The summed E-state index contributed by atoms with van der Waals surface area (Å²) in [4.78, 5) is 4.33. The minimum absolute atomic E-state index is 0.454. The van der Waals surface area contributed by atoms with Crippen molar-refractivity contribution in [3.8, 4) is 5.69 Å². The van der Waals surface area contributed by atoms with Gasteiger partial charge >= 0.3 is 0 Å². The van der Waals surface area contributed by atoms with E-state index in [1.54, 1.807) is 6.20 Å². The summed E-state index contributed by atoms with van der Waals surface area (Å²) in [5, 5.41) is 5.50. The van der Waals surface area contributed by atoms with Crippen LogP contribution in [0.2, 0.25) is 0 Å². The fourth-order valence-corrected chi connectivity index (χ4v) is 1.89. The highest BCUT2D eigenvalue weighted by molar-refractivity contribution is 5.86. The zero-order valence-electron chi connectivity index (χ0n) is 9.24. The van der Waals surface area contributed by atoms with Gasteiger partial charge in [0.1, 0.15) is 0 Å². The number of nitrogens with two attached hydrogens (primary N) is 1. The third-order valence-electron chi connectivity index (χ3n) is 2.72. The standard InChI is InChI=1S/C13H12N4/c14-9-10-6-8-17(16-10)13-5-1-4-12-11(13)3-2-7-15-12/h1-8H,9,14H2. The summed E-state index contributed by atoms with van der Waals surface area (Å²) < 4.78 is 1.84. The first-order chi connectivity index (χ1) is 8.38. The first-order valence-electron chi connectivity index (χ1n) is 5.47. The molecule has 1 aromatic carbocycles. The molecule has 0 unspecified atom stereocenters. The van der Waals surface area contributed by atoms with Crippen LogP contribution in [0.4, 0.5) is 0 Å². The molecule has 0 saturated carbocycles. The summed E-state index contributed by atoms with van der Waals surface area (Å²) in [5.41, 5.74) is 8.44. The molecule has 0 amide bonds. The average molecular weight is 224 g/mol. The zero-order chi connectivity index (χ0) is 11.7. The molecule has 0 fully saturated rings. The van der Waals surface area contributed by atoms with Gasteiger partial charge in [0, 0.05) is 24.3 Å². The van der Waals surface area contributed by atoms with Crippen molar-refractivity contribution in [3.05, 3.63) is 54.5 Å². The Bertz CT molecular complexity index is 652. The number of pyridine rings is 1. The molecule has 0 aliphatic carbocycles. The van der Waals surface area contributed by atoms with Crippen LogP contribution in [-0.4, -0.2) is 14.8 Å². The Hall–Kier alpha value is -2.20. The van der Waals surface area contributed by atoms with Crippen molar-refractivity contribution >= 4 is 10.9 Å². The van der Waals surface area contributed by atoms with Gasteiger partial charge in [0.2, 0.25) is 0 Å². The molecule has 17 heavy (non-hydrogen) atoms. The minimum Gasteiger partial charge on any atom is -0.325 e. The van der Waals surface area contributed by atoms with E-state index >= 15 is 0 Å². The Kier molecular flexibility index (Phi) is 2.34. The number of hydrogen-bond donors (Lipinski definition) is 1. The molecular formula is C13H12N4. The minimum atomic E-state index is 0.454. The van der Waals surface area contributed by atoms with Crippen LogP contribution in [0.25, 0.3) is 16.6 Å². The van der Waals surface area contributed by atoms with E-state index in [2.05, 4.69) is 10.1 Å². The van der Waals surface area contributed by atoms with Crippen LogP contribution in [0.15, 0.2) is 48.8 Å². The van der Waals surface area contributed by atoms with E-state index in [9.17, 15) is 0 Å². The molecule has 0 atom stereocenters. The molecule has 3 rings (SSSR count). The number of benzene rings is 1. The molecule has 0 aliphatic heterocycles. The Labute approximate surface area is 98.7 Å². The number of rotatable bonds is 2. The van der Waals surface area contributed by atoms with Crippen LogP contribution in [0.5, 0.6) is 0 Å². The Morgan fingerprint density at radius 2 is 2.06 bits per heavy atom. The Morgan fingerprint density at radius 3 is 2.88 bits per heavy atom. The Balaban J connectivity index is 2.23. The summed E-state index contributed by atoms with van der Waals surface area (Å²) in [6, 6.07) is 11.9. The molecule has 4 nitrogen and oxygen atoms in total. The molecule has 2 aromatic heterocycles. The molecule has 2 N–H and O–H groups in total. The van der Waals surface area contributed by atoms with Crippen molar-refractivity contribution in [2.24, 2.45) is 5.73 Å². The van der Waals surface area contributed by atoms with Gasteiger partial charge in [-0.05, 0) is 30.3 Å². The van der Waals surface area contributed by atoms with Crippen LogP contribution < -0.4 is 5.73 Å². The van der Waals surface area contributed by atoms with E-state index in [-0.39, 0.29) is 0 Å². The van der Waals surface area contributed by atoms with E-state index in [1.165, 1.54) is 0 Å². The third kappa shape index (κ3) is 1.68. The van der Waals surface area contributed by atoms with Crippen LogP contribution >= 0.6 is 0 Å². The average Bonchev–Trinajstić information content (AvgIpc) is 2.87. The largest absolute Gasteiger partial charge is 0.325 e. The second-order valence-corrected chi connectivity index (χ2v) is 3.80. The molecule has 0 radical (unpaired) electrons. The summed E-state index contributed by atoms with van der Waals surface area (Å²) in [6.07, 6.45) is 3.71. The number of aromatic nitrogens is 3. The Morgan fingerprint density at radius 1 is 1.12 bits per heavy atom. The van der Waals surface area contributed by atoms with Crippen LogP contribution in [0.3, 0.4) is 0 Å². The highest BCUT2D eigenvalue weighted by Crippen LogP contribution is 2.19. The van der Waals surface area contributed by atoms with E-state index < -0.39 is 0 Å². The number of nitrogens with zero attached hydrogens (tertiary/aromatic N) is 3. The predicted molar refractivity (Wildman–Crippen MR) is 66.8 cm³/mol. The quantitative estimate of drug-likeness (QED) is 0.723. The van der Waals surface area contributed by atoms with E-state index in [0.29, 0.717) is 6.54 Å². The first kappa shape index (κ1) is 9.99. The smallest absolute Gasteiger partial charge is 0.0764 e. The zero-order valence-corrected chi connectivity index (χ0v) is 9.24. The lowest BCUT2D eigenvalue weighted by Gasteiger charge is -2.05. The van der Waals surface area contributed by atoms with E-state index in [1.807, 2.05) is 47.3 Å². The third-order valence-corrected chi connectivity index (χ3v) is 2.72. The SMILES string of the molecule is NCc1ccn(-c2cccc3ncccc23)n1. The fraction of sp³-hybridized carbons (Fsp3) is 0.0769. The lowest BCUT2D eigenvalue weighted by atomic mass is 10.2. The molecular weight excluding hydrogens is 212 g/mol. The van der Waals surface area contributed by atoms with E-state index in [4.69, 9.17) is 5.73 Å². The van der Waals surface area contributed by atoms with Crippen LogP contribution in [-0.2, 0) is 6.54 Å². The summed E-state index contributed by atoms with van der Waals surface area (Å²) >= 11 is 0. The van der Waals surface area contributed by atoms with Gasteiger partial charge in [0.05, 0.1) is 16.9 Å². The highest BCUT2D eigenvalue weighted by Gasteiger charge is 2.04. The number of fused-ring (bicyclic) bond motifs is 1. The summed E-state index contributed by atoms with van der Waals surface area (Å²) in [5.74, 6) is 0. The maximum atomic E-state index is 5.57. The van der Waals surface area contributed by atoms with Crippen molar-refractivity contribution < 1.29 is 0 Å². The molecule has 2 heterocycles. The molecule has 0 bridgehead atoms. The molecule has 0 aliphatic rings. The van der Waals surface area contributed by atoms with Gasteiger partial charge in [-0.2, -0.15) is 5.10 Å². The van der Waals surface area contributed by atoms with Crippen LogP contribution in [0.1, 0.15) is 5.69 Å². The van der Waals surface area contributed by atoms with Gasteiger partial charge in [0.15, 0.2) is 0 Å². The van der Waals surface area contributed by atoms with Crippen molar-refractivity contribution in [2.75, 3.05) is 0 Å². The lowest BCUT2D eigenvalue weighted by Crippen LogP contribution is -2.01. The highest BCUT2D eigenvalue weighted by atomic mass is 15.3. The lowest BCUT2D eigenvalue weighted by molar-refractivity contribution is 0.838. The topological polar surface area (TPSA) is 56.7 Å². The monoisotopic (exact) mass is 224 g/mol. The first-order valence-corrected chi connectivity index (χ1v) is 5.47. The van der Waals surface area contributed by atoms with Gasteiger partial charge in [-0.25, -0.2) is 4.68 Å². The van der Waals surface area contributed by atoms with Crippen LogP contribution in [0, 0.1) is 0 Å². The maximum absolute atomic E-state index is 5.57. The molecule has 84 valence electrons.